The average Bonchev–Trinajstić information content (AvgIpc) is 3.13. The molecule has 0 aliphatic heterocycles. The minimum absolute atomic E-state index is 0.0823. The maximum atomic E-state index is 11.8. The van der Waals surface area contributed by atoms with Crippen LogP contribution >= 0.6 is 0 Å². The molecule has 0 aromatic rings. The van der Waals surface area contributed by atoms with Gasteiger partial charge in [0.25, 0.3) is 6.16 Å². The van der Waals surface area contributed by atoms with Gasteiger partial charge in [0.2, 0.25) is 0 Å². The molecular weight excluding hydrogens is 486 g/mol. The van der Waals surface area contributed by atoms with Gasteiger partial charge in [0.05, 0.1) is 33.8 Å². The summed E-state index contributed by atoms with van der Waals surface area (Å²) in [6.45, 7) is 5.24. The lowest BCUT2D eigenvalue weighted by Crippen LogP contribution is -2.51. The summed E-state index contributed by atoms with van der Waals surface area (Å²) < 4.78 is 9.37. The summed E-state index contributed by atoms with van der Waals surface area (Å²) in [5.41, 5.74) is 1.89. The normalized spacial score (nSPS) is 34.1. The molecular formula is C30H49NO7. The molecule has 3 fully saturated rings. The first-order chi connectivity index (χ1) is 17.8. The molecule has 0 spiro atoms. The van der Waals surface area contributed by atoms with Gasteiger partial charge in [-0.2, -0.15) is 0 Å². The van der Waals surface area contributed by atoms with E-state index in [1.807, 2.05) is 6.08 Å². The second-order valence-electron chi connectivity index (χ2n) is 13.5. The third kappa shape index (κ3) is 7.38. The van der Waals surface area contributed by atoms with Gasteiger partial charge in [0, 0.05) is 12.8 Å². The van der Waals surface area contributed by atoms with Crippen molar-refractivity contribution in [2.75, 3.05) is 34.5 Å². The van der Waals surface area contributed by atoms with Crippen LogP contribution in [-0.4, -0.2) is 68.1 Å². The Morgan fingerprint density at radius 1 is 1.00 bits per heavy atom. The lowest BCUT2D eigenvalue weighted by Gasteiger charge is -2.57. The predicted octanol–water partition coefficient (Wildman–Crippen LogP) is 3.99. The summed E-state index contributed by atoms with van der Waals surface area (Å²) in [6, 6.07) is 0. The topological polar surface area (TPSA) is 113 Å². The molecule has 0 heterocycles. The SMILES string of the molecule is C[C@]12CCC(=O)C=C1CCC1C2CC[C@@]2(C)C1CC[C@@H]2O.C[N+](C)(C)CCCCCC(=O)OCOC(=O)[O-]. The fourth-order valence-electron chi connectivity index (χ4n) is 7.78. The quantitative estimate of drug-likeness (QED) is 0.216. The monoisotopic (exact) mass is 535 g/mol. The van der Waals surface area contributed by atoms with E-state index in [0.29, 0.717) is 11.7 Å². The summed E-state index contributed by atoms with van der Waals surface area (Å²) in [4.78, 5) is 32.7. The van der Waals surface area contributed by atoms with Crippen molar-refractivity contribution in [3.63, 3.8) is 0 Å². The Labute approximate surface area is 228 Å². The number of carbonyl (C=O) groups excluding carboxylic acids is 3. The Morgan fingerprint density at radius 2 is 1.74 bits per heavy atom. The molecule has 38 heavy (non-hydrogen) atoms. The van der Waals surface area contributed by atoms with Gasteiger partial charge in [-0.3, -0.25) is 9.59 Å². The number of nitrogens with zero attached hydrogens (tertiary/aromatic N) is 1. The highest BCUT2D eigenvalue weighted by atomic mass is 16.7. The molecule has 6 atom stereocenters. The highest BCUT2D eigenvalue weighted by Gasteiger charge is 2.58. The number of aliphatic hydroxyl groups is 1. The number of ketones is 1. The molecule has 0 saturated heterocycles. The fraction of sp³-hybridized carbons (Fsp3) is 0.833. The number of ether oxygens (including phenoxy) is 2. The molecule has 4 aliphatic carbocycles. The minimum Gasteiger partial charge on any atom is -0.513 e. The van der Waals surface area contributed by atoms with Crippen molar-refractivity contribution < 1.29 is 38.6 Å². The second-order valence-corrected chi connectivity index (χ2v) is 13.5. The summed E-state index contributed by atoms with van der Waals surface area (Å²) >= 11 is 0. The van der Waals surface area contributed by atoms with Crippen molar-refractivity contribution in [1.82, 2.24) is 0 Å². The number of hydrogen-bond acceptors (Lipinski definition) is 7. The van der Waals surface area contributed by atoms with Crippen LogP contribution in [0.2, 0.25) is 0 Å². The van der Waals surface area contributed by atoms with Gasteiger partial charge >= 0.3 is 5.97 Å². The average molecular weight is 536 g/mol. The van der Waals surface area contributed by atoms with Crippen molar-refractivity contribution in [1.29, 1.82) is 0 Å². The summed E-state index contributed by atoms with van der Waals surface area (Å²) in [7, 11) is 6.35. The molecule has 216 valence electrons. The predicted molar refractivity (Wildman–Crippen MR) is 142 cm³/mol. The molecule has 8 heteroatoms. The zero-order valence-corrected chi connectivity index (χ0v) is 24.1. The van der Waals surface area contributed by atoms with E-state index < -0.39 is 18.9 Å². The molecule has 4 aliphatic rings. The second kappa shape index (κ2) is 12.5. The molecule has 3 saturated carbocycles. The van der Waals surface area contributed by atoms with Gasteiger partial charge in [-0.25, -0.2) is 0 Å². The fourth-order valence-corrected chi connectivity index (χ4v) is 7.78. The number of esters is 1. The Hall–Kier alpha value is -1.93. The molecule has 0 radical (unpaired) electrons. The third-order valence-electron chi connectivity index (χ3n) is 10.0. The largest absolute Gasteiger partial charge is 0.513 e. The van der Waals surface area contributed by atoms with Gasteiger partial charge in [-0.1, -0.05) is 19.4 Å². The Balaban J connectivity index is 0.000000217. The third-order valence-corrected chi connectivity index (χ3v) is 10.0. The van der Waals surface area contributed by atoms with Crippen LogP contribution in [0.15, 0.2) is 11.6 Å². The Kier molecular flexibility index (Phi) is 10.1. The van der Waals surface area contributed by atoms with Gasteiger partial charge in [0.1, 0.15) is 0 Å². The lowest BCUT2D eigenvalue weighted by molar-refractivity contribution is -0.870. The molecule has 8 nitrogen and oxygen atoms in total. The van der Waals surface area contributed by atoms with Crippen LogP contribution in [0.1, 0.15) is 90.9 Å². The highest BCUT2D eigenvalue weighted by Crippen LogP contribution is 2.65. The molecule has 0 bridgehead atoms. The number of hydrogen-bond donors (Lipinski definition) is 1. The van der Waals surface area contributed by atoms with E-state index in [0.717, 1.165) is 67.8 Å². The zero-order valence-electron chi connectivity index (χ0n) is 24.1. The summed E-state index contributed by atoms with van der Waals surface area (Å²) in [5, 5.41) is 20.3. The van der Waals surface area contributed by atoms with Crippen LogP contribution in [0.4, 0.5) is 4.79 Å². The van der Waals surface area contributed by atoms with Crippen molar-refractivity contribution in [3.05, 3.63) is 11.6 Å². The van der Waals surface area contributed by atoms with Crippen molar-refractivity contribution in [2.45, 2.75) is 97.0 Å². The van der Waals surface area contributed by atoms with E-state index in [-0.39, 0.29) is 23.4 Å². The number of allylic oxidation sites excluding steroid dienone is 1. The lowest BCUT2D eigenvalue weighted by atomic mass is 9.47. The van der Waals surface area contributed by atoms with Gasteiger partial charge < -0.3 is 29.0 Å². The minimum atomic E-state index is -1.69. The Morgan fingerprint density at radius 3 is 2.42 bits per heavy atom. The van der Waals surface area contributed by atoms with E-state index in [9.17, 15) is 24.6 Å². The molecule has 0 aromatic carbocycles. The summed E-state index contributed by atoms with van der Waals surface area (Å²) in [6.07, 6.45) is 12.0. The van der Waals surface area contributed by atoms with E-state index in [2.05, 4.69) is 44.5 Å². The maximum Gasteiger partial charge on any atom is 0.307 e. The van der Waals surface area contributed by atoms with Crippen LogP contribution in [0.5, 0.6) is 0 Å². The van der Waals surface area contributed by atoms with Crippen LogP contribution in [0, 0.1) is 28.6 Å². The number of aliphatic hydroxyl groups excluding tert-OH is 1. The molecule has 0 aromatic heterocycles. The zero-order chi connectivity index (χ0) is 28.1. The standard InChI is InChI=1S/C19H28O2.C11H21NO5/c1-18-9-7-13(20)11-12(18)3-4-14-15-5-6-17(21)19(15,2)10-8-16(14)18;1-12(2,3)8-6-4-5-7-10(13)16-9-17-11(14)15/h11,14-17,21H,3-10H2,1-2H3;4-9H2,1-3H3/t14?,15?,16?,17-,18-,19-;/m0./s1. The van der Waals surface area contributed by atoms with Crippen molar-refractivity contribution >= 4 is 17.9 Å². The number of fused-ring (bicyclic) bond motifs is 5. The van der Waals surface area contributed by atoms with Gasteiger partial charge in [0.15, 0.2) is 12.6 Å². The number of quaternary nitrogens is 1. The maximum absolute atomic E-state index is 11.8. The van der Waals surface area contributed by atoms with Crippen LogP contribution < -0.4 is 5.11 Å². The van der Waals surface area contributed by atoms with Crippen molar-refractivity contribution in [3.8, 4) is 0 Å². The molecule has 1 N–H and O–H groups in total. The van der Waals surface area contributed by atoms with E-state index in [4.69, 9.17) is 0 Å². The number of carboxylic acid groups (broad SMARTS) is 1. The smallest absolute Gasteiger partial charge is 0.307 e. The van der Waals surface area contributed by atoms with Crippen LogP contribution in [-0.2, 0) is 19.1 Å². The van der Waals surface area contributed by atoms with Crippen LogP contribution in [0.25, 0.3) is 0 Å². The number of unbranched alkanes of at least 4 members (excludes halogenated alkanes) is 2. The first kappa shape index (κ1) is 30.6. The van der Waals surface area contributed by atoms with Gasteiger partial charge in [-0.05, 0) is 98.9 Å². The van der Waals surface area contributed by atoms with Crippen LogP contribution in [0.3, 0.4) is 0 Å². The Bertz CT molecular complexity index is 894. The van der Waals surface area contributed by atoms with E-state index in [1.54, 1.807) is 0 Å². The van der Waals surface area contributed by atoms with Gasteiger partial charge in [-0.15, -0.1) is 0 Å². The molecule has 4 rings (SSSR count). The first-order valence-corrected chi connectivity index (χ1v) is 14.5. The van der Waals surface area contributed by atoms with E-state index >= 15 is 0 Å². The number of rotatable bonds is 8. The summed E-state index contributed by atoms with van der Waals surface area (Å²) in [5.74, 6) is 2.13. The number of carbonyl (C=O) groups is 3. The molecule has 3 unspecified atom stereocenters. The first-order valence-electron chi connectivity index (χ1n) is 14.5. The van der Waals surface area contributed by atoms with Crippen molar-refractivity contribution in [2.24, 2.45) is 28.6 Å². The van der Waals surface area contributed by atoms with E-state index in [1.165, 1.54) is 31.3 Å². The highest BCUT2D eigenvalue weighted by molar-refractivity contribution is 5.91. The molecule has 0 amide bonds.